The van der Waals surface area contributed by atoms with Crippen LogP contribution in [0, 0.1) is 11.3 Å². The van der Waals surface area contributed by atoms with Crippen LogP contribution >= 0.6 is 0 Å². The highest BCUT2D eigenvalue weighted by atomic mass is 16.2. The average Bonchev–Trinajstić information content (AvgIpc) is 2.73. The van der Waals surface area contributed by atoms with Crippen LogP contribution < -0.4 is 27.0 Å². The molecule has 0 radical (unpaired) electrons. The van der Waals surface area contributed by atoms with Crippen LogP contribution in [0.3, 0.4) is 0 Å². The zero-order valence-electron chi connectivity index (χ0n) is 21.3. The third-order valence-electron chi connectivity index (χ3n) is 5.14. The van der Waals surface area contributed by atoms with E-state index in [0.29, 0.717) is 12.1 Å². The number of hydrogen-bond donors (Lipinski definition) is 5. The average molecular weight is 476 g/mol. The van der Waals surface area contributed by atoms with Crippen molar-refractivity contribution in [2.24, 2.45) is 17.1 Å². The number of primary amides is 1. The van der Waals surface area contributed by atoms with Crippen LogP contribution in [0.15, 0.2) is 24.3 Å². The number of urea groups is 1. The van der Waals surface area contributed by atoms with E-state index >= 15 is 0 Å². The molecule has 9 nitrogen and oxygen atoms in total. The van der Waals surface area contributed by atoms with Crippen molar-refractivity contribution < 1.29 is 19.2 Å². The second kappa shape index (κ2) is 13.6. The summed E-state index contributed by atoms with van der Waals surface area (Å²) in [5.41, 5.74) is 7.04. The Kier molecular flexibility index (Phi) is 11.5. The molecule has 0 aliphatic carbocycles. The Labute approximate surface area is 203 Å². The first-order chi connectivity index (χ1) is 15.8. The molecule has 6 N–H and O–H groups in total. The normalized spacial score (nSPS) is 13.0. The molecule has 1 rings (SSSR count). The number of carbonyl (C=O) groups excluding carboxylic acids is 4. The largest absolute Gasteiger partial charge is 0.352 e. The number of amides is 5. The molecule has 1 unspecified atom stereocenters. The predicted molar refractivity (Wildman–Crippen MR) is 134 cm³/mol. The molecule has 1 aromatic carbocycles. The van der Waals surface area contributed by atoms with E-state index in [0.717, 1.165) is 6.42 Å². The Morgan fingerprint density at radius 3 is 2.09 bits per heavy atom. The molecule has 1 aromatic rings. The van der Waals surface area contributed by atoms with E-state index in [1.54, 1.807) is 6.92 Å². The van der Waals surface area contributed by atoms with Crippen molar-refractivity contribution >= 4 is 29.4 Å². The summed E-state index contributed by atoms with van der Waals surface area (Å²) in [5.74, 6) is -1.21. The molecule has 0 aliphatic heterocycles. The van der Waals surface area contributed by atoms with E-state index in [1.165, 1.54) is 5.56 Å². The number of anilines is 1. The highest BCUT2D eigenvalue weighted by Gasteiger charge is 2.28. The minimum Gasteiger partial charge on any atom is -0.352 e. The molecule has 0 aliphatic rings. The van der Waals surface area contributed by atoms with E-state index in [1.807, 2.05) is 38.1 Å². The highest BCUT2D eigenvalue weighted by molar-refractivity contribution is 5.98. The summed E-state index contributed by atoms with van der Waals surface area (Å²) in [5, 5.41) is 10.8. The number of hydrogen-bond acceptors (Lipinski definition) is 4. The van der Waals surface area contributed by atoms with Crippen molar-refractivity contribution in [2.75, 3.05) is 11.9 Å². The summed E-state index contributed by atoms with van der Waals surface area (Å²) in [4.78, 5) is 48.7. The quantitative estimate of drug-likeness (QED) is 0.296. The van der Waals surface area contributed by atoms with Gasteiger partial charge in [0.05, 0.1) is 0 Å². The van der Waals surface area contributed by atoms with Crippen LogP contribution in [0.1, 0.15) is 66.4 Å². The predicted octanol–water partition coefficient (Wildman–Crippen LogP) is 2.70. The van der Waals surface area contributed by atoms with Gasteiger partial charge in [0, 0.05) is 18.7 Å². The third kappa shape index (κ3) is 11.2. The van der Waals surface area contributed by atoms with Gasteiger partial charge in [-0.3, -0.25) is 14.4 Å². The molecular weight excluding hydrogens is 434 g/mol. The summed E-state index contributed by atoms with van der Waals surface area (Å²) < 4.78 is 0. The van der Waals surface area contributed by atoms with E-state index in [9.17, 15) is 19.2 Å². The number of carbonyl (C=O) groups is 4. The molecule has 0 spiro atoms. The Morgan fingerprint density at radius 1 is 0.971 bits per heavy atom. The molecule has 2 atom stereocenters. The molecule has 0 fully saturated rings. The Bertz CT molecular complexity index is 831. The molecule has 9 heteroatoms. The fourth-order valence-electron chi connectivity index (χ4n) is 3.41. The molecule has 0 heterocycles. The zero-order chi connectivity index (χ0) is 25.9. The maximum atomic E-state index is 13.0. The van der Waals surface area contributed by atoms with Crippen molar-refractivity contribution in [3.63, 3.8) is 0 Å². The van der Waals surface area contributed by atoms with E-state index < -0.39 is 24.0 Å². The monoisotopic (exact) mass is 475 g/mol. The molecule has 0 saturated carbocycles. The fourth-order valence-corrected chi connectivity index (χ4v) is 3.41. The molecule has 34 heavy (non-hydrogen) atoms. The minimum atomic E-state index is -0.851. The van der Waals surface area contributed by atoms with Crippen LogP contribution in [-0.4, -0.2) is 42.4 Å². The lowest BCUT2D eigenvalue weighted by Crippen LogP contribution is -2.54. The number of rotatable bonds is 12. The van der Waals surface area contributed by atoms with Gasteiger partial charge in [-0.25, -0.2) is 4.79 Å². The van der Waals surface area contributed by atoms with Crippen molar-refractivity contribution in [3.05, 3.63) is 29.8 Å². The molecular formula is C25H41N5O4. The molecule has 0 aromatic heterocycles. The van der Waals surface area contributed by atoms with Gasteiger partial charge in [-0.1, -0.05) is 53.7 Å². The first-order valence-corrected chi connectivity index (χ1v) is 11.8. The van der Waals surface area contributed by atoms with Gasteiger partial charge in [0.25, 0.3) is 0 Å². The standard InChI is InChI=1S/C25H41N5O4/c1-7-20(31)30-21(16(2)3)23(33)29-19(9-8-14-27-24(26)34)22(32)28-18-12-10-17(11-13-18)15-25(4,5)6/h10-13,16,19,21H,7-9,14-15H2,1-6H3,(H,28,32)(H,29,33)(H,30,31)(H3,26,27,34)/t19-,21?/m0/s1. The van der Waals surface area contributed by atoms with Crippen LogP contribution in [-0.2, 0) is 20.8 Å². The SMILES string of the molecule is CCC(=O)NC(C(=O)N[C@@H](CCCNC(N)=O)C(=O)Nc1ccc(CC(C)(C)C)cc1)C(C)C. The maximum Gasteiger partial charge on any atom is 0.312 e. The van der Waals surface area contributed by atoms with Gasteiger partial charge in [0.1, 0.15) is 12.1 Å². The highest BCUT2D eigenvalue weighted by Crippen LogP contribution is 2.21. The van der Waals surface area contributed by atoms with Gasteiger partial charge in [0.15, 0.2) is 0 Å². The molecule has 0 bridgehead atoms. The number of benzene rings is 1. The Balaban J connectivity index is 2.92. The summed E-state index contributed by atoms with van der Waals surface area (Å²) >= 11 is 0. The summed E-state index contributed by atoms with van der Waals surface area (Å²) in [6.07, 6.45) is 1.88. The molecule has 5 amide bonds. The van der Waals surface area contributed by atoms with Crippen molar-refractivity contribution in [2.45, 2.75) is 79.3 Å². The Hall–Kier alpha value is -3.10. The van der Waals surface area contributed by atoms with Gasteiger partial charge in [-0.05, 0) is 48.3 Å². The van der Waals surface area contributed by atoms with Crippen LogP contribution in [0.4, 0.5) is 10.5 Å². The minimum absolute atomic E-state index is 0.152. The van der Waals surface area contributed by atoms with Gasteiger partial charge in [-0.15, -0.1) is 0 Å². The molecule has 190 valence electrons. The number of nitrogens with two attached hydrogens (primary N) is 1. The van der Waals surface area contributed by atoms with E-state index in [-0.39, 0.29) is 42.5 Å². The number of nitrogens with one attached hydrogen (secondary N) is 4. The zero-order valence-corrected chi connectivity index (χ0v) is 21.3. The first kappa shape index (κ1) is 28.9. The summed E-state index contributed by atoms with van der Waals surface area (Å²) in [6.45, 7) is 12.1. The van der Waals surface area contributed by atoms with Gasteiger partial charge in [-0.2, -0.15) is 0 Å². The van der Waals surface area contributed by atoms with E-state index in [2.05, 4.69) is 42.0 Å². The van der Waals surface area contributed by atoms with Crippen molar-refractivity contribution in [3.8, 4) is 0 Å². The maximum absolute atomic E-state index is 13.0. The van der Waals surface area contributed by atoms with Gasteiger partial charge in [0.2, 0.25) is 17.7 Å². The molecule has 0 saturated heterocycles. The van der Waals surface area contributed by atoms with Crippen molar-refractivity contribution in [1.82, 2.24) is 16.0 Å². The lowest BCUT2D eigenvalue weighted by atomic mass is 9.88. The summed E-state index contributed by atoms with van der Waals surface area (Å²) in [7, 11) is 0. The topological polar surface area (TPSA) is 142 Å². The lowest BCUT2D eigenvalue weighted by Gasteiger charge is -2.25. The van der Waals surface area contributed by atoms with E-state index in [4.69, 9.17) is 5.73 Å². The fraction of sp³-hybridized carbons (Fsp3) is 0.600. The van der Waals surface area contributed by atoms with Crippen LogP contribution in [0.2, 0.25) is 0 Å². The first-order valence-electron chi connectivity index (χ1n) is 11.8. The van der Waals surface area contributed by atoms with Gasteiger partial charge < -0.3 is 27.0 Å². The smallest absolute Gasteiger partial charge is 0.312 e. The summed E-state index contributed by atoms with van der Waals surface area (Å²) in [6, 6.07) is 5.36. The van der Waals surface area contributed by atoms with Crippen molar-refractivity contribution in [1.29, 1.82) is 0 Å². The lowest BCUT2D eigenvalue weighted by molar-refractivity contribution is -0.132. The second-order valence-corrected chi connectivity index (χ2v) is 10.1. The van der Waals surface area contributed by atoms with Gasteiger partial charge >= 0.3 is 6.03 Å². The third-order valence-corrected chi connectivity index (χ3v) is 5.14. The van der Waals surface area contributed by atoms with Crippen LogP contribution in [0.5, 0.6) is 0 Å². The second-order valence-electron chi connectivity index (χ2n) is 10.1. The Morgan fingerprint density at radius 2 is 1.59 bits per heavy atom. The van der Waals surface area contributed by atoms with Crippen LogP contribution in [0.25, 0.3) is 0 Å².